The molecule has 20 heavy (non-hydrogen) atoms. The number of nitro groups is 1. The van der Waals surface area contributed by atoms with E-state index in [0.717, 1.165) is 25.7 Å². The molecule has 5 nitrogen and oxygen atoms in total. The van der Waals surface area contributed by atoms with Gasteiger partial charge in [0, 0.05) is 13.1 Å². The summed E-state index contributed by atoms with van der Waals surface area (Å²) in [6, 6.07) is 4.14. The van der Waals surface area contributed by atoms with Crippen LogP contribution in [0, 0.1) is 15.9 Å². The number of nitro benzene ring substituents is 1. The lowest BCUT2D eigenvalue weighted by Crippen LogP contribution is -2.30. The second kappa shape index (κ2) is 7.19. The summed E-state index contributed by atoms with van der Waals surface area (Å²) >= 11 is 0. The maximum atomic E-state index is 13.4. The standard InChI is InChI=1S/C14H20FN3O2/c15-12-6-5-7-13(14(12)18(19)20)16-8-11-17-9-3-1-2-4-10-17/h5-7,16H,1-4,8-11H2. The van der Waals surface area contributed by atoms with Crippen molar-refractivity contribution in [2.24, 2.45) is 0 Å². The van der Waals surface area contributed by atoms with E-state index in [9.17, 15) is 14.5 Å². The number of rotatable bonds is 5. The van der Waals surface area contributed by atoms with Gasteiger partial charge in [-0.2, -0.15) is 4.39 Å². The quantitative estimate of drug-likeness (QED) is 0.665. The van der Waals surface area contributed by atoms with Crippen molar-refractivity contribution in [3.8, 4) is 0 Å². The Kier molecular flexibility index (Phi) is 5.29. The predicted molar refractivity (Wildman–Crippen MR) is 76.5 cm³/mol. The Morgan fingerprint density at radius 1 is 1.25 bits per heavy atom. The van der Waals surface area contributed by atoms with Crippen LogP contribution in [-0.2, 0) is 0 Å². The fraction of sp³-hybridized carbons (Fsp3) is 0.571. The highest BCUT2D eigenvalue weighted by Gasteiger charge is 2.19. The molecule has 0 bridgehead atoms. The summed E-state index contributed by atoms with van der Waals surface area (Å²) in [6.07, 6.45) is 4.97. The van der Waals surface area contributed by atoms with Crippen molar-refractivity contribution in [3.05, 3.63) is 34.1 Å². The number of halogens is 1. The third-order valence-electron chi connectivity index (χ3n) is 3.61. The monoisotopic (exact) mass is 281 g/mol. The summed E-state index contributed by atoms with van der Waals surface area (Å²) in [5, 5.41) is 13.8. The van der Waals surface area contributed by atoms with Crippen molar-refractivity contribution in [1.29, 1.82) is 0 Å². The van der Waals surface area contributed by atoms with Crippen LogP contribution in [0.25, 0.3) is 0 Å². The van der Waals surface area contributed by atoms with Crippen molar-refractivity contribution >= 4 is 11.4 Å². The highest BCUT2D eigenvalue weighted by Crippen LogP contribution is 2.26. The number of benzene rings is 1. The van der Waals surface area contributed by atoms with Gasteiger partial charge in [-0.3, -0.25) is 10.1 Å². The van der Waals surface area contributed by atoms with E-state index in [1.165, 1.54) is 31.7 Å². The van der Waals surface area contributed by atoms with E-state index in [1.54, 1.807) is 6.07 Å². The average molecular weight is 281 g/mol. The number of hydrogen-bond acceptors (Lipinski definition) is 4. The van der Waals surface area contributed by atoms with Crippen LogP contribution in [0.15, 0.2) is 18.2 Å². The molecule has 0 spiro atoms. The molecule has 1 aromatic rings. The van der Waals surface area contributed by atoms with Crippen molar-refractivity contribution in [2.75, 3.05) is 31.5 Å². The summed E-state index contributed by atoms with van der Waals surface area (Å²) in [4.78, 5) is 12.5. The molecule has 0 aromatic heterocycles. The van der Waals surface area contributed by atoms with Gasteiger partial charge in [0.05, 0.1) is 4.92 Å². The fourth-order valence-corrected chi connectivity index (χ4v) is 2.55. The summed E-state index contributed by atoms with van der Waals surface area (Å²) in [5.41, 5.74) is -0.215. The Labute approximate surface area is 117 Å². The van der Waals surface area contributed by atoms with E-state index >= 15 is 0 Å². The number of hydrogen-bond donors (Lipinski definition) is 1. The van der Waals surface area contributed by atoms with Crippen LogP contribution in [-0.4, -0.2) is 36.0 Å². The highest BCUT2D eigenvalue weighted by atomic mass is 19.1. The lowest BCUT2D eigenvalue weighted by Gasteiger charge is -2.20. The van der Waals surface area contributed by atoms with E-state index in [1.807, 2.05) is 0 Å². The van der Waals surface area contributed by atoms with E-state index in [0.29, 0.717) is 6.54 Å². The minimum Gasteiger partial charge on any atom is -0.378 e. The van der Waals surface area contributed by atoms with Gasteiger partial charge in [0.1, 0.15) is 5.69 Å². The van der Waals surface area contributed by atoms with Gasteiger partial charge >= 0.3 is 5.69 Å². The largest absolute Gasteiger partial charge is 0.378 e. The zero-order valence-electron chi connectivity index (χ0n) is 11.5. The molecular formula is C14H20FN3O2. The predicted octanol–water partition coefficient (Wildman–Crippen LogP) is 3.02. The molecule has 1 fully saturated rings. The van der Waals surface area contributed by atoms with Crippen LogP contribution in [0.2, 0.25) is 0 Å². The topological polar surface area (TPSA) is 58.4 Å². The molecule has 1 aliphatic heterocycles. The van der Waals surface area contributed by atoms with Crippen molar-refractivity contribution < 1.29 is 9.31 Å². The Morgan fingerprint density at radius 2 is 1.95 bits per heavy atom. The highest BCUT2D eigenvalue weighted by molar-refractivity contribution is 5.61. The SMILES string of the molecule is O=[N+]([O-])c1c(F)cccc1NCCN1CCCCCC1. The average Bonchev–Trinajstić information content (AvgIpc) is 2.67. The molecule has 6 heteroatoms. The van der Waals surface area contributed by atoms with Gasteiger partial charge in [-0.1, -0.05) is 18.9 Å². The zero-order chi connectivity index (χ0) is 14.4. The van der Waals surface area contributed by atoms with Crippen LogP contribution in [0.4, 0.5) is 15.8 Å². The first-order valence-electron chi connectivity index (χ1n) is 7.07. The van der Waals surface area contributed by atoms with Gasteiger partial charge in [-0.25, -0.2) is 0 Å². The Morgan fingerprint density at radius 3 is 2.60 bits per heavy atom. The summed E-state index contributed by atoms with van der Waals surface area (Å²) in [5.74, 6) is -0.797. The first-order valence-corrected chi connectivity index (χ1v) is 7.07. The van der Waals surface area contributed by atoms with Crippen molar-refractivity contribution in [1.82, 2.24) is 4.90 Å². The number of nitrogens with zero attached hydrogens (tertiary/aromatic N) is 2. The molecule has 0 saturated carbocycles. The van der Waals surface area contributed by atoms with Crippen LogP contribution in [0.1, 0.15) is 25.7 Å². The first kappa shape index (κ1) is 14.7. The number of nitrogens with one attached hydrogen (secondary N) is 1. The van der Waals surface area contributed by atoms with Crippen LogP contribution >= 0.6 is 0 Å². The molecule has 1 N–H and O–H groups in total. The van der Waals surface area contributed by atoms with Crippen LogP contribution < -0.4 is 5.32 Å². The number of para-hydroxylation sites is 1. The Balaban J connectivity index is 1.90. The maximum Gasteiger partial charge on any atom is 0.327 e. The summed E-state index contributed by atoms with van der Waals surface area (Å²) in [6.45, 7) is 3.57. The molecule has 0 unspecified atom stereocenters. The molecule has 1 saturated heterocycles. The van der Waals surface area contributed by atoms with Gasteiger partial charge in [0.25, 0.3) is 0 Å². The molecule has 2 rings (SSSR count). The maximum absolute atomic E-state index is 13.4. The number of anilines is 1. The molecule has 0 aliphatic carbocycles. The van der Waals surface area contributed by atoms with Crippen molar-refractivity contribution in [3.63, 3.8) is 0 Å². The molecule has 0 radical (unpaired) electrons. The van der Waals surface area contributed by atoms with Gasteiger partial charge in [-0.15, -0.1) is 0 Å². The molecule has 1 heterocycles. The lowest BCUT2D eigenvalue weighted by atomic mass is 10.2. The second-order valence-corrected chi connectivity index (χ2v) is 5.08. The normalized spacial score (nSPS) is 16.6. The molecular weight excluding hydrogens is 261 g/mol. The van der Waals surface area contributed by atoms with E-state index < -0.39 is 16.4 Å². The molecule has 1 aliphatic rings. The van der Waals surface area contributed by atoms with Crippen molar-refractivity contribution in [2.45, 2.75) is 25.7 Å². The third kappa shape index (κ3) is 3.90. The molecule has 1 aromatic carbocycles. The Hall–Kier alpha value is -1.69. The third-order valence-corrected chi connectivity index (χ3v) is 3.61. The van der Waals surface area contributed by atoms with Gasteiger partial charge in [0.15, 0.2) is 0 Å². The first-order chi connectivity index (χ1) is 9.68. The van der Waals surface area contributed by atoms with Gasteiger partial charge < -0.3 is 10.2 Å². The van der Waals surface area contributed by atoms with E-state index in [-0.39, 0.29) is 5.69 Å². The second-order valence-electron chi connectivity index (χ2n) is 5.08. The van der Waals surface area contributed by atoms with E-state index in [2.05, 4.69) is 10.2 Å². The molecule has 110 valence electrons. The fourth-order valence-electron chi connectivity index (χ4n) is 2.55. The minimum atomic E-state index is -0.797. The minimum absolute atomic E-state index is 0.254. The summed E-state index contributed by atoms with van der Waals surface area (Å²) < 4.78 is 13.4. The van der Waals surface area contributed by atoms with Gasteiger partial charge in [0.2, 0.25) is 5.82 Å². The summed E-state index contributed by atoms with van der Waals surface area (Å²) in [7, 11) is 0. The van der Waals surface area contributed by atoms with Crippen LogP contribution in [0.3, 0.4) is 0 Å². The van der Waals surface area contributed by atoms with E-state index in [4.69, 9.17) is 0 Å². The number of likely N-dealkylation sites (tertiary alicyclic amines) is 1. The molecule has 0 atom stereocenters. The smallest absolute Gasteiger partial charge is 0.327 e. The van der Waals surface area contributed by atoms with Gasteiger partial charge in [-0.05, 0) is 38.1 Å². The Bertz CT molecular complexity index is 460. The zero-order valence-corrected chi connectivity index (χ0v) is 11.5. The lowest BCUT2D eigenvalue weighted by molar-refractivity contribution is -0.386. The van der Waals surface area contributed by atoms with Crippen LogP contribution in [0.5, 0.6) is 0 Å². The molecule has 0 amide bonds.